The van der Waals surface area contributed by atoms with Gasteiger partial charge in [0.05, 0.1) is 16.0 Å². The second kappa shape index (κ2) is 6.92. The van der Waals surface area contributed by atoms with Crippen molar-refractivity contribution in [3.63, 3.8) is 0 Å². The topological polar surface area (TPSA) is 46.2 Å². The number of hydrogen-bond acceptors (Lipinski definition) is 3. The lowest BCUT2D eigenvalue weighted by Gasteiger charge is -2.22. The Morgan fingerprint density at radius 2 is 1.81 bits per heavy atom. The average Bonchev–Trinajstić information content (AvgIpc) is 2.34. The van der Waals surface area contributed by atoms with E-state index in [1.165, 1.54) is 12.1 Å². The lowest BCUT2D eigenvalue weighted by Crippen LogP contribution is -2.22. The quantitative estimate of drug-likeness (QED) is 0.792. The van der Waals surface area contributed by atoms with Crippen LogP contribution in [-0.4, -0.2) is 26.1 Å². The second-order valence-corrected chi connectivity index (χ2v) is 8.55. The van der Waals surface area contributed by atoms with Gasteiger partial charge in [0.2, 0.25) is 9.84 Å². The van der Waals surface area contributed by atoms with Gasteiger partial charge in [-0.2, -0.15) is 8.78 Å². The highest BCUT2D eigenvalue weighted by Gasteiger charge is 2.29. The third-order valence-corrected chi connectivity index (χ3v) is 4.52. The van der Waals surface area contributed by atoms with Crippen LogP contribution in [0.25, 0.3) is 0 Å². The predicted molar refractivity (Wildman–Crippen MR) is 81.8 cm³/mol. The molecule has 1 aromatic rings. The summed E-state index contributed by atoms with van der Waals surface area (Å²) < 4.78 is 48.5. The Morgan fingerprint density at radius 1 is 1.24 bits per heavy atom. The molecular formula is C14H20ClF2NO2S. The fourth-order valence-electron chi connectivity index (χ4n) is 1.91. The van der Waals surface area contributed by atoms with Gasteiger partial charge in [0.25, 0.3) is 0 Å². The molecule has 0 amide bonds. The fourth-order valence-corrected chi connectivity index (χ4v) is 3.36. The minimum Gasteiger partial charge on any atom is -0.383 e. The SMILES string of the molecule is CC(C)(C)CC(Cl)CNc1ccccc1S(=O)(=O)C(F)F. The van der Waals surface area contributed by atoms with Gasteiger partial charge in [0.15, 0.2) is 0 Å². The van der Waals surface area contributed by atoms with Crippen molar-refractivity contribution in [2.24, 2.45) is 5.41 Å². The van der Waals surface area contributed by atoms with Crippen molar-refractivity contribution >= 4 is 27.1 Å². The number of rotatable bonds is 6. The van der Waals surface area contributed by atoms with Gasteiger partial charge in [-0.15, -0.1) is 11.6 Å². The summed E-state index contributed by atoms with van der Waals surface area (Å²) in [6, 6.07) is 5.61. The maximum absolute atomic E-state index is 12.7. The van der Waals surface area contributed by atoms with Crippen molar-refractivity contribution in [3.05, 3.63) is 24.3 Å². The highest BCUT2D eigenvalue weighted by atomic mass is 35.5. The summed E-state index contributed by atoms with van der Waals surface area (Å²) in [6.07, 6.45) is 0.714. The van der Waals surface area contributed by atoms with Gasteiger partial charge in [-0.1, -0.05) is 32.9 Å². The molecule has 1 unspecified atom stereocenters. The van der Waals surface area contributed by atoms with Crippen molar-refractivity contribution < 1.29 is 17.2 Å². The standard InChI is InChI=1S/C14H20ClF2NO2S/c1-14(2,3)8-10(15)9-18-11-6-4-5-7-12(11)21(19,20)13(16)17/h4-7,10,13,18H,8-9H2,1-3H3. The molecule has 0 aromatic heterocycles. The molecule has 1 atom stereocenters. The van der Waals surface area contributed by atoms with Crippen LogP contribution in [0.3, 0.4) is 0 Å². The van der Waals surface area contributed by atoms with Crippen molar-refractivity contribution in [3.8, 4) is 0 Å². The third kappa shape index (κ3) is 5.43. The van der Waals surface area contributed by atoms with E-state index in [0.29, 0.717) is 13.0 Å². The van der Waals surface area contributed by atoms with Crippen LogP contribution in [0.2, 0.25) is 0 Å². The highest BCUT2D eigenvalue weighted by molar-refractivity contribution is 7.91. The highest BCUT2D eigenvalue weighted by Crippen LogP contribution is 2.27. The molecule has 0 aliphatic carbocycles. The molecule has 1 rings (SSSR count). The summed E-state index contributed by atoms with van der Waals surface area (Å²) >= 11 is 6.18. The zero-order chi connectivity index (χ0) is 16.3. The lowest BCUT2D eigenvalue weighted by atomic mass is 9.90. The van der Waals surface area contributed by atoms with E-state index in [4.69, 9.17) is 11.6 Å². The van der Waals surface area contributed by atoms with Crippen LogP contribution in [0.4, 0.5) is 14.5 Å². The van der Waals surface area contributed by atoms with E-state index in [-0.39, 0.29) is 16.5 Å². The van der Waals surface area contributed by atoms with Gasteiger partial charge in [-0.05, 0) is 24.0 Å². The molecule has 0 aliphatic heterocycles. The Morgan fingerprint density at radius 3 is 2.33 bits per heavy atom. The van der Waals surface area contributed by atoms with E-state index >= 15 is 0 Å². The van der Waals surface area contributed by atoms with Gasteiger partial charge in [0.1, 0.15) is 0 Å². The number of benzene rings is 1. The van der Waals surface area contributed by atoms with E-state index in [0.717, 1.165) is 6.07 Å². The number of nitrogens with one attached hydrogen (secondary N) is 1. The lowest BCUT2D eigenvalue weighted by molar-refractivity contribution is 0.235. The van der Waals surface area contributed by atoms with Crippen molar-refractivity contribution in [2.45, 2.75) is 43.2 Å². The number of anilines is 1. The van der Waals surface area contributed by atoms with E-state index in [2.05, 4.69) is 5.32 Å². The molecule has 3 nitrogen and oxygen atoms in total. The van der Waals surface area contributed by atoms with Crippen LogP contribution >= 0.6 is 11.6 Å². The van der Waals surface area contributed by atoms with E-state index in [1.807, 2.05) is 20.8 Å². The minimum atomic E-state index is -4.63. The normalized spacial score (nSPS) is 14.2. The van der Waals surface area contributed by atoms with E-state index in [1.54, 1.807) is 6.07 Å². The molecule has 1 aromatic carbocycles. The van der Waals surface area contributed by atoms with E-state index in [9.17, 15) is 17.2 Å². The molecule has 1 N–H and O–H groups in total. The first-order valence-electron chi connectivity index (χ1n) is 6.53. The van der Waals surface area contributed by atoms with Crippen LogP contribution in [0.5, 0.6) is 0 Å². The molecule has 0 saturated carbocycles. The first-order valence-corrected chi connectivity index (χ1v) is 8.51. The van der Waals surface area contributed by atoms with Gasteiger partial charge < -0.3 is 5.32 Å². The third-order valence-electron chi connectivity index (χ3n) is 2.78. The fraction of sp³-hybridized carbons (Fsp3) is 0.571. The first-order chi connectivity index (χ1) is 9.54. The minimum absolute atomic E-state index is 0.0304. The second-order valence-electron chi connectivity index (χ2n) is 6.04. The molecule has 0 spiro atoms. The molecule has 0 radical (unpaired) electrons. The zero-order valence-corrected chi connectivity index (χ0v) is 13.8. The summed E-state index contributed by atoms with van der Waals surface area (Å²) in [7, 11) is -4.63. The number of para-hydroxylation sites is 1. The Kier molecular flexibility index (Phi) is 5.99. The van der Waals surface area contributed by atoms with Crippen molar-refractivity contribution in [1.82, 2.24) is 0 Å². The average molecular weight is 340 g/mol. The van der Waals surface area contributed by atoms with E-state index < -0.39 is 20.5 Å². The van der Waals surface area contributed by atoms with Crippen LogP contribution in [-0.2, 0) is 9.84 Å². The summed E-state index contributed by atoms with van der Waals surface area (Å²) in [5, 5.41) is 2.62. The van der Waals surface area contributed by atoms with Crippen LogP contribution < -0.4 is 5.32 Å². The first kappa shape index (κ1) is 18.2. The molecule has 21 heavy (non-hydrogen) atoms. The van der Waals surface area contributed by atoms with Gasteiger partial charge in [-0.25, -0.2) is 8.42 Å². The molecule has 0 heterocycles. The monoisotopic (exact) mass is 339 g/mol. The van der Waals surface area contributed by atoms with Crippen molar-refractivity contribution in [2.75, 3.05) is 11.9 Å². The van der Waals surface area contributed by atoms with Gasteiger partial charge in [-0.3, -0.25) is 0 Å². The Labute approximate surface area is 129 Å². The van der Waals surface area contributed by atoms with Crippen LogP contribution in [0.15, 0.2) is 29.2 Å². The largest absolute Gasteiger partial charge is 0.383 e. The molecule has 120 valence electrons. The van der Waals surface area contributed by atoms with Crippen molar-refractivity contribution in [1.29, 1.82) is 0 Å². The Bertz CT molecular complexity index is 571. The molecule has 0 fully saturated rings. The smallest absolute Gasteiger partial charge is 0.341 e. The van der Waals surface area contributed by atoms with Gasteiger partial charge in [0, 0.05) is 6.54 Å². The summed E-state index contributed by atoms with van der Waals surface area (Å²) in [6.45, 7) is 6.42. The summed E-state index contributed by atoms with van der Waals surface area (Å²) in [5.41, 5.74) is 0.181. The summed E-state index contributed by atoms with van der Waals surface area (Å²) in [4.78, 5) is -0.403. The summed E-state index contributed by atoms with van der Waals surface area (Å²) in [5.74, 6) is -3.44. The van der Waals surface area contributed by atoms with Crippen LogP contribution in [0.1, 0.15) is 27.2 Å². The number of halogens is 3. The Balaban J connectivity index is 2.87. The zero-order valence-electron chi connectivity index (χ0n) is 12.2. The molecular weight excluding hydrogens is 320 g/mol. The molecule has 0 aliphatic rings. The maximum Gasteiger partial charge on any atom is 0.341 e. The number of hydrogen-bond donors (Lipinski definition) is 1. The van der Waals surface area contributed by atoms with Crippen LogP contribution in [0, 0.1) is 5.41 Å². The predicted octanol–water partition coefficient (Wildman–Crippen LogP) is 4.14. The van der Waals surface area contributed by atoms with Gasteiger partial charge >= 0.3 is 5.76 Å². The number of sulfone groups is 1. The maximum atomic E-state index is 12.7. The molecule has 0 bridgehead atoms. The Hall–Kier alpha value is -0.880. The molecule has 7 heteroatoms. The number of alkyl halides is 3. The molecule has 0 saturated heterocycles.